The van der Waals surface area contributed by atoms with Gasteiger partial charge in [0.15, 0.2) is 69.8 Å². The Morgan fingerprint density at radius 2 is 0.399 bits per heavy atom. The molecule has 0 unspecified atom stereocenters. The maximum absolute atomic E-state index is 15.1. The number of halogens is 16. The second-order valence-electron chi connectivity index (χ2n) is 29.4. The smallest absolute Gasteiger partial charge is 0.425 e. The fraction of sp³-hybridized carbons (Fsp3) is 0.0400. The van der Waals surface area contributed by atoms with Gasteiger partial charge < -0.3 is 37.9 Å². The SMILES string of the molecule is COc1ccc(-c2ccc(Oc3ccc(S(=O)(=O)c4ccc(Oc5ccc(-c6ccc(OC)cc6)cc5)c(S(=O)(=O)O)c4)cc3)cc2)cc1.Cc1c(F)c(F)c(-c2c(F)c(F)c(Oc3ccc(-c4ccc(Oc5ccc(S(=O)(=O)c6ccc(Oc7ccc(-c8ccc(Oc9c(F)c(F)c(-c%10c(F)c(F)c(C)c(F)c%10F)c(F)c9F)cc8)cc7)cc6)cc5)cc4)cc3)c(F)c2F)c(F)c1F.O=S(=O)=O. The van der Waals surface area contributed by atoms with E-state index in [1.165, 1.54) is 133 Å². The molecule has 0 radical (unpaired) electrons. The standard InChI is InChI=1S/C62H30F16O6S.C38H30O9S2.O3S/c1-27-45(63)49(67)41(50(68)46(27)64)43-53(71)57(75)61(58(76)54(43)72)83-37-15-7-31(8-16-37)29-3-11-33(12-4-29)81-35-19-23-39(24-20-35)85(79,80)40-25-21-36(22-26-40)82-34-13-5-30(6-14-34)32-9-17-38(18-10-32)84-62-59(77)55(73)44(56(74)60(62)78)42-51(69)47(65)28(2)48(66)52(42)70;1-44-30-11-3-26(4-12-30)28-7-15-32(16-8-28)46-33-19-21-35(22-20-33)48(39,40)36-23-24-37(38(25-36)49(41,42)43)47-34-17-9-29(10-18-34)27-5-13-31(45-2)14-6-27;1-4(2)3/h3-26H,1-2H3;3-25H,1-2H3,(H,41,42,43);. The summed E-state index contributed by atoms with van der Waals surface area (Å²) in [7, 11) is -13.0. The summed E-state index contributed by atoms with van der Waals surface area (Å²) in [5.74, 6) is -36.1. The predicted molar refractivity (Wildman–Crippen MR) is 470 cm³/mol. The van der Waals surface area contributed by atoms with Crippen LogP contribution in [0, 0.1) is 107 Å². The van der Waals surface area contributed by atoms with Gasteiger partial charge in [-0.2, -0.15) is 26.0 Å². The zero-order valence-corrected chi connectivity index (χ0v) is 74.0. The zero-order valence-electron chi connectivity index (χ0n) is 70.7. The number of methoxy groups -OCH3 is 2. The average Bonchev–Trinajstić information content (AvgIpc) is 0.748. The third kappa shape index (κ3) is 21.0. The number of hydrogen-bond acceptors (Lipinski definition) is 17. The van der Waals surface area contributed by atoms with Gasteiger partial charge in [0, 0.05) is 11.1 Å². The van der Waals surface area contributed by atoms with Crippen molar-refractivity contribution in [1.82, 2.24) is 0 Å². The van der Waals surface area contributed by atoms with E-state index in [1.807, 2.05) is 60.7 Å². The molecular formula is C100H60F16O18S4. The summed E-state index contributed by atoms with van der Waals surface area (Å²) in [6.45, 7) is 1.27. The summed E-state index contributed by atoms with van der Waals surface area (Å²) in [4.78, 5) is -1.28. The number of ether oxygens (including phenoxy) is 8. The quantitative estimate of drug-likeness (QED) is 0.0317. The van der Waals surface area contributed by atoms with Gasteiger partial charge in [0.1, 0.15) is 73.9 Å². The highest BCUT2D eigenvalue weighted by atomic mass is 32.2. The molecule has 1 N–H and O–H groups in total. The van der Waals surface area contributed by atoms with Gasteiger partial charge in [-0.15, -0.1) is 12.6 Å². The van der Waals surface area contributed by atoms with Crippen molar-refractivity contribution in [3.05, 3.63) is 389 Å². The maximum Gasteiger partial charge on any atom is 0.425 e. The lowest BCUT2D eigenvalue weighted by Crippen LogP contribution is -2.09. The average molecular weight is 1980 g/mol. The van der Waals surface area contributed by atoms with Crippen LogP contribution in [0.15, 0.2) is 310 Å². The van der Waals surface area contributed by atoms with Gasteiger partial charge in [-0.05, 0) is 246 Å². The minimum atomic E-state index is -4.87. The first-order valence-electron chi connectivity index (χ1n) is 39.7. The van der Waals surface area contributed by atoms with Gasteiger partial charge >= 0.3 is 10.6 Å². The second kappa shape index (κ2) is 40.8. The van der Waals surface area contributed by atoms with Gasteiger partial charge in [0.2, 0.25) is 54.4 Å². The predicted octanol–water partition coefficient (Wildman–Crippen LogP) is 26.9. The summed E-state index contributed by atoms with van der Waals surface area (Å²) < 4.78 is 394. The van der Waals surface area contributed by atoms with E-state index in [9.17, 15) is 64.9 Å². The largest absolute Gasteiger partial charge is 0.497 e. The Labute approximate surface area is 775 Å². The molecule has 138 heavy (non-hydrogen) atoms. The molecule has 0 saturated carbocycles. The molecule has 704 valence electrons. The molecule has 0 aliphatic rings. The molecule has 0 spiro atoms. The normalized spacial score (nSPS) is 11.3. The van der Waals surface area contributed by atoms with Gasteiger partial charge in [0.05, 0.1) is 56.1 Å². The van der Waals surface area contributed by atoms with Crippen molar-refractivity contribution in [1.29, 1.82) is 0 Å². The van der Waals surface area contributed by atoms with E-state index >= 15 is 35.1 Å². The Morgan fingerprint density at radius 3 is 0.609 bits per heavy atom. The maximum atomic E-state index is 15.1. The topological polar surface area (TPSA) is 248 Å². The van der Waals surface area contributed by atoms with Crippen molar-refractivity contribution >= 4 is 40.4 Å². The number of benzene rings is 16. The Kier molecular flexibility index (Phi) is 29.0. The molecule has 0 fully saturated rings. The molecule has 0 heterocycles. The van der Waals surface area contributed by atoms with E-state index in [2.05, 4.69) is 0 Å². The molecule has 16 aromatic carbocycles. The fourth-order valence-corrected chi connectivity index (χ4v) is 16.9. The highest BCUT2D eigenvalue weighted by molar-refractivity contribution is 7.92. The Morgan fingerprint density at radius 1 is 0.225 bits per heavy atom. The number of rotatable bonds is 25. The molecule has 0 aliphatic heterocycles. The molecule has 38 heteroatoms. The van der Waals surface area contributed by atoms with Crippen molar-refractivity contribution in [3.8, 4) is 147 Å². The summed E-state index contributed by atoms with van der Waals surface area (Å²) in [5.41, 5.74) is -4.46. The lowest BCUT2D eigenvalue weighted by atomic mass is 9.99. The highest BCUT2D eigenvalue weighted by Crippen LogP contribution is 2.46. The van der Waals surface area contributed by atoms with Crippen molar-refractivity contribution in [2.24, 2.45) is 0 Å². The van der Waals surface area contributed by atoms with Crippen LogP contribution in [0.4, 0.5) is 70.2 Å². The van der Waals surface area contributed by atoms with Crippen LogP contribution in [0.1, 0.15) is 11.1 Å². The van der Waals surface area contributed by atoms with Gasteiger partial charge in [-0.25, -0.2) is 69.5 Å². The number of hydrogen-bond donors (Lipinski definition) is 1. The fourth-order valence-electron chi connectivity index (χ4n) is 13.7. The molecule has 18 nitrogen and oxygen atoms in total. The molecule has 0 bridgehead atoms. The van der Waals surface area contributed by atoms with Crippen LogP contribution in [-0.2, 0) is 40.4 Å². The summed E-state index contributed by atoms with van der Waals surface area (Å²) >= 11 is 0. The van der Waals surface area contributed by atoms with Crippen LogP contribution in [0.25, 0.3) is 66.8 Å². The van der Waals surface area contributed by atoms with E-state index in [4.69, 9.17) is 50.5 Å². The lowest BCUT2D eigenvalue weighted by Gasteiger charge is -2.15. The first-order chi connectivity index (χ1) is 65.6. The van der Waals surface area contributed by atoms with Gasteiger partial charge in [-0.1, -0.05) is 97.1 Å². The van der Waals surface area contributed by atoms with Crippen LogP contribution in [0.5, 0.6) is 80.5 Å². The minimum absolute atomic E-state index is 0.0754. The Balaban J connectivity index is 0.000000242. The van der Waals surface area contributed by atoms with Crippen LogP contribution in [0.2, 0.25) is 0 Å². The van der Waals surface area contributed by atoms with E-state index in [0.717, 1.165) is 39.8 Å². The molecule has 0 atom stereocenters. The first-order valence-corrected chi connectivity index (χ1v) is 45.1. The van der Waals surface area contributed by atoms with E-state index in [1.54, 1.807) is 99.1 Å². The minimum Gasteiger partial charge on any atom is -0.497 e. The Bertz CT molecular complexity index is 7450. The zero-order chi connectivity index (χ0) is 99.3. The molecule has 0 amide bonds. The third-order valence-corrected chi connectivity index (χ3v) is 25.3. The van der Waals surface area contributed by atoms with E-state index < -0.39 is 183 Å². The van der Waals surface area contributed by atoms with Crippen LogP contribution >= 0.6 is 0 Å². The Hall–Kier alpha value is -15.8. The lowest BCUT2D eigenvalue weighted by molar-refractivity contribution is 0.366. The van der Waals surface area contributed by atoms with Crippen LogP contribution < -0.4 is 37.9 Å². The highest BCUT2D eigenvalue weighted by Gasteiger charge is 2.37. The molecule has 0 saturated heterocycles. The molecular weight excluding hydrogens is 1920 g/mol. The monoisotopic (exact) mass is 1980 g/mol. The van der Waals surface area contributed by atoms with Crippen LogP contribution in [-0.4, -0.2) is 56.7 Å². The van der Waals surface area contributed by atoms with Gasteiger partial charge in [0.25, 0.3) is 10.1 Å². The molecule has 0 aliphatic carbocycles. The van der Waals surface area contributed by atoms with Crippen molar-refractivity contribution in [3.63, 3.8) is 0 Å². The summed E-state index contributed by atoms with van der Waals surface area (Å²) in [6, 6.07) is 72.5. The molecule has 0 aromatic heterocycles. The molecule has 16 rings (SSSR count). The van der Waals surface area contributed by atoms with Crippen molar-refractivity contribution in [2.75, 3.05) is 14.2 Å². The third-order valence-electron chi connectivity index (χ3n) is 20.8. The van der Waals surface area contributed by atoms with Gasteiger partial charge in [-0.3, -0.25) is 4.55 Å². The van der Waals surface area contributed by atoms with Crippen LogP contribution in [0.3, 0.4) is 0 Å². The summed E-state index contributed by atoms with van der Waals surface area (Å²) in [5, 5.41) is 0. The van der Waals surface area contributed by atoms with Crippen molar-refractivity contribution < 1.29 is 151 Å². The first kappa shape index (κ1) is 98.2. The molecule has 16 aromatic rings. The number of sulfone groups is 2. The second-order valence-corrected chi connectivity index (χ2v) is 35.1. The van der Waals surface area contributed by atoms with Crippen molar-refractivity contribution in [2.45, 2.75) is 38.3 Å². The van der Waals surface area contributed by atoms with E-state index in [0.29, 0.717) is 59.1 Å². The van der Waals surface area contributed by atoms with E-state index in [-0.39, 0.29) is 54.1 Å². The summed E-state index contributed by atoms with van der Waals surface area (Å²) in [6.07, 6.45) is 0.